The van der Waals surface area contributed by atoms with Gasteiger partial charge in [-0.1, -0.05) is 0 Å². The minimum Gasteiger partial charge on any atom is -0.494 e. The van der Waals surface area contributed by atoms with Crippen LogP contribution in [0.5, 0.6) is 5.75 Å². The van der Waals surface area contributed by atoms with Gasteiger partial charge in [0.1, 0.15) is 5.75 Å². The molecule has 0 heterocycles. The lowest BCUT2D eigenvalue weighted by molar-refractivity contribution is 0.258. The topological polar surface area (TPSA) is 38.5 Å². The SMILES string of the molecule is CN(CCCOc1ccc(N)cc1)C1CC1. The lowest BCUT2D eigenvalue weighted by Crippen LogP contribution is -2.23. The molecule has 1 saturated carbocycles. The predicted molar refractivity (Wildman–Crippen MR) is 66.6 cm³/mol. The summed E-state index contributed by atoms with van der Waals surface area (Å²) in [6.45, 7) is 1.90. The van der Waals surface area contributed by atoms with Gasteiger partial charge < -0.3 is 15.4 Å². The van der Waals surface area contributed by atoms with Gasteiger partial charge in [-0.05, 0) is 50.6 Å². The number of ether oxygens (including phenoxy) is 1. The molecule has 0 aliphatic heterocycles. The molecule has 1 aliphatic carbocycles. The Balaban J connectivity index is 1.62. The van der Waals surface area contributed by atoms with E-state index in [2.05, 4.69) is 11.9 Å². The predicted octanol–water partition coefficient (Wildman–Crippen LogP) is 2.13. The average Bonchev–Trinajstić information content (AvgIpc) is 3.10. The molecule has 0 atom stereocenters. The largest absolute Gasteiger partial charge is 0.494 e. The molecule has 0 bridgehead atoms. The van der Waals surface area contributed by atoms with E-state index >= 15 is 0 Å². The van der Waals surface area contributed by atoms with Crippen LogP contribution in [-0.2, 0) is 0 Å². The third kappa shape index (κ3) is 3.42. The highest BCUT2D eigenvalue weighted by molar-refractivity contribution is 5.41. The molecule has 0 amide bonds. The Kier molecular flexibility index (Phi) is 3.67. The van der Waals surface area contributed by atoms with E-state index in [1.807, 2.05) is 24.3 Å². The van der Waals surface area contributed by atoms with Crippen LogP contribution >= 0.6 is 0 Å². The molecule has 2 rings (SSSR count). The normalized spacial score (nSPS) is 15.4. The van der Waals surface area contributed by atoms with Crippen molar-refractivity contribution < 1.29 is 4.74 Å². The van der Waals surface area contributed by atoms with Gasteiger partial charge in [-0.2, -0.15) is 0 Å². The van der Waals surface area contributed by atoms with Crippen molar-refractivity contribution in [2.75, 3.05) is 25.9 Å². The lowest BCUT2D eigenvalue weighted by atomic mass is 10.3. The second-order valence-electron chi connectivity index (χ2n) is 4.48. The molecule has 0 saturated heterocycles. The fourth-order valence-electron chi connectivity index (χ4n) is 1.77. The van der Waals surface area contributed by atoms with E-state index in [4.69, 9.17) is 10.5 Å². The summed E-state index contributed by atoms with van der Waals surface area (Å²) >= 11 is 0. The molecule has 16 heavy (non-hydrogen) atoms. The standard InChI is InChI=1S/C13H20N2O/c1-15(12-5-6-12)9-2-10-16-13-7-3-11(14)4-8-13/h3-4,7-8,12H,2,5-6,9-10,14H2,1H3. The molecular formula is C13H20N2O. The summed E-state index contributed by atoms with van der Waals surface area (Å²) in [6, 6.07) is 8.41. The van der Waals surface area contributed by atoms with E-state index in [0.717, 1.165) is 37.1 Å². The van der Waals surface area contributed by atoms with Gasteiger partial charge in [0, 0.05) is 18.3 Å². The number of nitrogens with zero attached hydrogens (tertiary/aromatic N) is 1. The first-order valence-electron chi connectivity index (χ1n) is 5.94. The highest BCUT2D eigenvalue weighted by atomic mass is 16.5. The first-order chi connectivity index (χ1) is 7.75. The fourth-order valence-corrected chi connectivity index (χ4v) is 1.77. The third-order valence-corrected chi connectivity index (χ3v) is 2.97. The Labute approximate surface area is 97.2 Å². The summed E-state index contributed by atoms with van der Waals surface area (Å²) in [7, 11) is 2.20. The molecule has 0 unspecified atom stereocenters. The molecular weight excluding hydrogens is 200 g/mol. The molecule has 88 valence electrons. The smallest absolute Gasteiger partial charge is 0.119 e. The minimum absolute atomic E-state index is 0.779. The molecule has 0 spiro atoms. The van der Waals surface area contributed by atoms with Gasteiger partial charge in [-0.15, -0.1) is 0 Å². The Hall–Kier alpha value is -1.22. The van der Waals surface area contributed by atoms with E-state index in [1.54, 1.807) is 0 Å². The van der Waals surface area contributed by atoms with Crippen molar-refractivity contribution in [2.24, 2.45) is 0 Å². The Bertz CT molecular complexity index is 319. The van der Waals surface area contributed by atoms with Gasteiger partial charge in [0.25, 0.3) is 0 Å². The van der Waals surface area contributed by atoms with Crippen molar-refractivity contribution in [1.29, 1.82) is 0 Å². The van der Waals surface area contributed by atoms with Gasteiger partial charge in [0.2, 0.25) is 0 Å². The van der Waals surface area contributed by atoms with Gasteiger partial charge >= 0.3 is 0 Å². The number of anilines is 1. The van der Waals surface area contributed by atoms with E-state index in [1.165, 1.54) is 12.8 Å². The number of hydrogen-bond donors (Lipinski definition) is 1. The zero-order valence-corrected chi connectivity index (χ0v) is 9.86. The van der Waals surface area contributed by atoms with Gasteiger partial charge in [0.05, 0.1) is 6.61 Å². The monoisotopic (exact) mass is 220 g/mol. The Morgan fingerprint density at radius 2 is 2.00 bits per heavy atom. The van der Waals surface area contributed by atoms with Crippen LogP contribution in [0.1, 0.15) is 19.3 Å². The summed E-state index contributed by atoms with van der Waals surface area (Å²) in [5.74, 6) is 0.906. The number of hydrogen-bond acceptors (Lipinski definition) is 3. The summed E-state index contributed by atoms with van der Waals surface area (Å²) in [5.41, 5.74) is 6.38. The van der Waals surface area contributed by atoms with E-state index in [-0.39, 0.29) is 0 Å². The summed E-state index contributed by atoms with van der Waals surface area (Å²) < 4.78 is 5.63. The number of nitrogen functional groups attached to an aromatic ring is 1. The summed E-state index contributed by atoms with van der Waals surface area (Å²) in [5, 5.41) is 0. The third-order valence-electron chi connectivity index (χ3n) is 2.97. The highest BCUT2D eigenvalue weighted by Gasteiger charge is 2.25. The Morgan fingerprint density at radius 3 is 2.62 bits per heavy atom. The molecule has 3 nitrogen and oxygen atoms in total. The Morgan fingerprint density at radius 1 is 1.31 bits per heavy atom. The average molecular weight is 220 g/mol. The van der Waals surface area contributed by atoms with Crippen molar-refractivity contribution in [3.05, 3.63) is 24.3 Å². The maximum atomic E-state index is 5.63. The van der Waals surface area contributed by atoms with Crippen molar-refractivity contribution in [1.82, 2.24) is 4.90 Å². The van der Waals surface area contributed by atoms with Gasteiger partial charge in [0.15, 0.2) is 0 Å². The van der Waals surface area contributed by atoms with Crippen LogP contribution in [-0.4, -0.2) is 31.1 Å². The van der Waals surface area contributed by atoms with E-state index in [9.17, 15) is 0 Å². The lowest BCUT2D eigenvalue weighted by Gasteiger charge is -2.15. The van der Waals surface area contributed by atoms with Crippen LogP contribution in [0.25, 0.3) is 0 Å². The molecule has 1 aliphatic rings. The molecule has 1 aromatic rings. The quantitative estimate of drug-likeness (QED) is 0.589. The van der Waals surface area contributed by atoms with E-state index < -0.39 is 0 Å². The molecule has 1 aromatic carbocycles. The number of benzene rings is 1. The maximum absolute atomic E-state index is 5.63. The van der Waals surface area contributed by atoms with E-state index in [0.29, 0.717) is 0 Å². The van der Waals surface area contributed by atoms with Crippen molar-refractivity contribution in [3.8, 4) is 5.75 Å². The first kappa shape index (κ1) is 11.3. The van der Waals surface area contributed by atoms with Gasteiger partial charge in [-0.25, -0.2) is 0 Å². The van der Waals surface area contributed by atoms with Crippen LogP contribution in [0.3, 0.4) is 0 Å². The van der Waals surface area contributed by atoms with Crippen LogP contribution in [0.15, 0.2) is 24.3 Å². The fraction of sp³-hybridized carbons (Fsp3) is 0.538. The van der Waals surface area contributed by atoms with Crippen molar-refractivity contribution >= 4 is 5.69 Å². The summed E-state index contributed by atoms with van der Waals surface area (Å²) in [4.78, 5) is 2.42. The molecule has 2 N–H and O–H groups in total. The minimum atomic E-state index is 0.779. The molecule has 3 heteroatoms. The van der Waals surface area contributed by atoms with Crippen molar-refractivity contribution in [2.45, 2.75) is 25.3 Å². The zero-order valence-electron chi connectivity index (χ0n) is 9.86. The van der Waals surface area contributed by atoms with Crippen molar-refractivity contribution in [3.63, 3.8) is 0 Å². The highest BCUT2D eigenvalue weighted by Crippen LogP contribution is 2.25. The van der Waals surface area contributed by atoms with Crippen LogP contribution in [0.4, 0.5) is 5.69 Å². The second-order valence-corrected chi connectivity index (χ2v) is 4.48. The summed E-state index contributed by atoms with van der Waals surface area (Å²) in [6.07, 6.45) is 3.82. The van der Waals surface area contributed by atoms with Gasteiger partial charge in [-0.3, -0.25) is 0 Å². The van der Waals surface area contributed by atoms with Crippen LogP contribution in [0.2, 0.25) is 0 Å². The zero-order chi connectivity index (χ0) is 11.4. The van der Waals surface area contributed by atoms with Crippen LogP contribution < -0.4 is 10.5 Å². The number of nitrogens with two attached hydrogens (primary N) is 1. The second kappa shape index (κ2) is 5.21. The molecule has 1 fully saturated rings. The molecule has 0 aromatic heterocycles. The maximum Gasteiger partial charge on any atom is 0.119 e. The molecule has 0 radical (unpaired) electrons. The number of rotatable bonds is 6. The first-order valence-corrected chi connectivity index (χ1v) is 5.94. The van der Waals surface area contributed by atoms with Crippen LogP contribution in [0, 0.1) is 0 Å².